The van der Waals surface area contributed by atoms with Crippen molar-refractivity contribution in [1.82, 2.24) is 16.0 Å². The molecule has 186 valence electrons. The molecule has 0 saturated carbocycles. The van der Waals surface area contributed by atoms with Crippen LogP contribution in [0, 0.1) is 11.8 Å². The molecule has 0 aromatic rings. The van der Waals surface area contributed by atoms with E-state index in [4.69, 9.17) is 11.5 Å². The normalized spacial score (nSPS) is 15.0. The Morgan fingerprint density at radius 2 is 1.28 bits per heavy atom. The lowest BCUT2D eigenvalue weighted by Gasteiger charge is -2.25. The van der Waals surface area contributed by atoms with Crippen molar-refractivity contribution in [2.75, 3.05) is 13.2 Å². The summed E-state index contributed by atoms with van der Waals surface area (Å²) in [5.74, 6) is -2.98. The van der Waals surface area contributed by atoms with Crippen molar-refractivity contribution in [1.29, 1.82) is 0 Å². The molecule has 0 spiro atoms. The number of aliphatic hydroxyl groups excluding tert-OH is 1. The zero-order chi connectivity index (χ0) is 24.8. The summed E-state index contributed by atoms with van der Waals surface area (Å²) in [4.78, 5) is 49.0. The summed E-state index contributed by atoms with van der Waals surface area (Å²) in [6, 6.07) is -4.28. The summed E-state index contributed by atoms with van der Waals surface area (Å²) in [7, 11) is 0. The van der Waals surface area contributed by atoms with Crippen LogP contribution in [0.4, 0.5) is 0 Å². The maximum atomic E-state index is 12.8. The van der Waals surface area contributed by atoms with E-state index in [2.05, 4.69) is 16.0 Å². The first kappa shape index (κ1) is 29.8. The molecule has 4 unspecified atom stereocenters. The minimum Gasteiger partial charge on any atom is -0.480 e. The number of carbonyl (C=O) groups excluding carboxylic acids is 3. The SMILES string of the molecule is CC(C)CC(N)C(=O)NC(CCCCN)C(=O)NC(CO)C(=O)NC(CC(C)C)C(=O)O. The number of aliphatic hydroxyl groups is 1. The summed E-state index contributed by atoms with van der Waals surface area (Å²) < 4.78 is 0. The number of hydrogen-bond acceptors (Lipinski definition) is 7. The van der Waals surface area contributed by atoms with Crippen LogP contribution in [0.5, 0.6) is 0 Å². The maximum Gasteiger partial charge on any atom is 0.326 e. The fraction of sp³-hybridized carbons (Fsp3) is 0.810. The highest BCUT2D eigenvalue weighted by Crippen LogP contribution is 2.07. The third-order valence-corrected chi connectivity index (χ3v) is 4.78. The Labute approximate surface area is 190 Å². The maximum absolute atomic E-state index is 12.8. The molecule has 0 fully saturated rings. The largest absolute Gasteiger partial charge is 0.480 e. The summed E-state index contributed by atoms with van der Waals surface area (Å²) in [5, 5.41) is 26.2. The van der Waals surface area contributed by atoms with Crippen molar-refractivity contribution in [2.45, 2.75) is 84.0 Å². The smallest absolute Gasteiger partial charge is 0.326 e. The summed E-state index contributed by atoms with van der Waals surface area (Å²) >= 11 is 0. The first-order chi connectivity index (χ1) is 14.9. The van der Waals surface area contributed by atoms with Gasteiger partial charge in [-0.2, -0.15) is 0 Å². The first-order valence-electron chi connectivity index (χ1n) is 11.1. The number of nitrogens with two attached hydrogens (primary N) is 2. The average molecular weight is 460 g/mol. The Bertz CT molecular complexity index is 613. The van der Waals surface area contributed by atoms with Gasteiger partial charge in [0.1, 0.15) is 18.1 Å². The number of rotatable bonds is 16. The molecule has 0 bridgehead atoms. The van der Waals surface area contributed by atoms with Crippen molar-refractivity contribution in [3.05, 3.63) is 0 Å². The number of amides is 3. The first-order valence-corrected chi connectivity index (χ1v) is 11.1. The standard InChI is InChI=1S/C21H41N5O6/c1-12(2)9-14(23)18(28)24-15(7-5-6-8-22)19(29)26-17(11-27)20(30)25-16(21(31)32)10-13(3)4/h12-17,27H,5-11,22-23H2,1-4H3,(H,24,28)(H,25,30)(H,26,29)(H,31,32). The molecule has 0 aliphatic carbocycles. The zero-order valence-electron chi connectivity index (χ0n) is 19.6. The lowest BCUT2D eigenvalue weighted by atomic mass is 10.0. The number of hydrogen-bond donors (Lipinski definition) is 7. The van der Waals surface area contributed by atoms with Crippen LogP contribution in [0.25, 0.3) is 0 Å². The van der Waals surface area contributed by atoms with Crippen molar-refractivity contribution >= 4 is 23.7 Å². The van der Waals surface area contributed by atoms with Crippen molar-refractivity contribution in [3.63, 3.8) is 0 Å². The van der Waals surface area contributed by atoms with E-state index in [1.807, 2.05) is 27.7 Å². The Balaban J connectivity index is 5.23. The van der Waals surface area contributed by atoms with Gasteiger partial charge in [-0.25, -0.2) is 4.79 Å². The third-order valence-electron chi connectivity index (χ3n) is 4.78. The van der Waals surface area contributed by atoms with E-state index in [-0.39, 0.29) is 24.7 Å². The molecule has 0 aliphatic rings. The van der Waals surface area contributed by atoms with Crippen molar-refractivity contribution < 1.29 is 29.4 Å². The van der Waals surface area contributed by atoms with Crippen LogP contribution in [0.15, 0.2) is 0 Å². The number of nitrogens with one attached hydrogen (secondary N) is 3. The van der Waals surface area contributed by atoms with E-state index in [1.54, 1.807) is 0 Å². The third kappa shape index (κ3) is 12.0. The number of carbonyl (C=O) groups is 4. The number of unbranched alkanes of at least 4 members (excludes halogenated alkanes) is 1. The molecule has 32 heavy (non-hydrogen) atoms. The molecule has 0 heterocycles. The quantitative estimate of drug-likeness (QED) is 0.144. The van der Waals surface area contributed by atoms with E-state index >= 15 is 0 Å². The lowest BCUT2D eigenvalue weighted by Crippen LogP contribution is -2.58. The fourth-order valence-electron chi connectivity index (χ4n) is 3.09. The molecule has 0 aromatic carbocycles. The minimum absolute atomic E-state index is 0.00996. The monoisotopic (exact) mass is 459 g/mol. The second-order valence-corrected chi connectivity index (χ2v) is 8.85. The Morgan fingerprint density at radius 1 is 0.781 bits per heavy atom. The molecular weight excluding hydrogens is 418 g/mol. The molecule has 0 rings (SSSR count). The average Bonchev–Trinajstić information content (AvgIpc) is 2.69. The van der Waals surface area contributed by atoms with Crippen LogP contribution >= 0.6 is 0 Å². The Morgan fingerprint density at radius 3 is 1.75 bits per heavy atom. The van der Waals surface area contributed by atoms with Gasteiger partial charge in [-0.15, -0.1) is 0 Å². The van der Waals surface area contributed by atoms with Crippen LogP contribution in [0.2, 0.25) is 0 Å². The molecule has 0 saturated heterocycles. The molecule has 3 amide bonds. The summed E-state index contributed by atoms with van der Waals surface area (Å²) in [6.45, 7) is 7.16. The van der Waals surface area contributed by atoms with Crippen LogP contribution in [-0.2, 0) is 19.2 Å². The van der Waals surface area contributed by atoms with Gasteiger partial charge in [-0.1, -0.05) is 27.7 Å². The van der Waals surface area contributed by atoms with E-state index in [1.165, 1.54) is 0 Å². The van der Waals surface area contributed by atoms with E-state index in [0.717, 1.165) is 0 Å². The van der Waals surface area contributed by atoms with Gasteiger partial charge < -0.3 is 37.6 Å². The highest BCUT2D eigenvalue weighted by Gasteiger charge is 2.30. The zero-order valence-corrected chi connectivity index (χ0v) is 19.6. The van der Waals surface area contributed by atoms with Gasteiger partial charge in [-0.05, 0) is 50.5 Å². The molecule has 0 aliphatic heterocycles. The molecule has 11 nitrogen and oxygen atoms in total. The Hall–Kier alpha value is -2.24. The molecule has 4 atom stereocenters. The number of aliphatic carboxylic acids is 1. The van der Waals surface area contributed by atoms with Crippen molar-refractivity contribution in [3.8, 4) is 0 Å². The predicted molar refractivity (Wildman–Crippen MR) is 120 cm³/mol. The van der Waals surface area contributed by atoms with E-state index < -0.39 is 54.5 Å². The van der Waals surface area contributed by atoms with Crippen LogP contribution < -0.4 is 27.4 Å². The second kappa shape index (κ2) is 15.5. The van der Waals surface area contributed by atoms with Gasteiger partial charge >= 0.3 is 5.97 Å². The lowest BCUT2D eigenvalue weighted by molar-refractivity contribution is -0.143. The number of carboxylic acids is 1. The van der Waals surface area contributed by atoms with Gasteiger partial charge in [0.15, 0.2) is 0 Å². The molecular formula is C21H41N5O6. The van der Waals surface area contributed by atoms with Crippen LogP contribution in [-0.4, -0.2) is 71.2 Å². The molecule has 9 N–H and O–H groups in total. The van der Waals surface area contributed by atoms with Gasteiger partial charge in [0.2, 0.25) is 17.7 Å². The molecule has 0 aromatic heterocycles. The van der Waals surface area contributed by atoms with Crippen LogP contribution in [0.1, 0.15) is 59.8 Å². The topological polar surface area (TPSA) is 197 Å². The van der Waals surface area contributed by atoms with Gasteiger partial charge in [-0.3, -0.25) is 14.4 Å². The van der Waals surface area contributed by atoms with E-state index in [0.29, 0.717) is 25.8 Å². The van der Waals surface area contributed by atoms with E-state index in [9.17, 15) is 29.4 Å². The second-order valence-electron chi connectivity index (χ2n) is 8.85. The minimum atomic E-state index is -1.37. The molecule has 0 radical (unpaired) electrons. The van der Waals surface area contributed by atoms with Gasteiger partial charge in [0, 0.05) is 0 Å². The van der Waals surface area contributed by atoms with Gasteiger partial charge in [0.05, 0.1) is 12.6 Å². The Kier molecular flexibility index (Phi) is 14.5. The highest BCUT2D eigenvalue weighted by molar-refractivity contribution is 5.94. The predicted octanol–water partition coefficient (Wildman–Crippen LogP) is -0.934. The van der Waals surface area contributed by atoms with Crippen LogP contribution in [0.3, 0.4) is 0 Å². The summed E-state index contributed by atoms with van der Waals surface area (Å²) in [6.07, 6.45) is 2.10. The van der Waals surface area contributed by atoms with Gasteiger partial charge in [0.25, 0.3) is 0 Å². The van der Waals surface area contributed by atoms with Crippen molar-refractivity contribution in [2.24, 2.45) is 23.3 Å². The summed E-state index contributed by atoms with van der Waals surface area (Å²) in [5.41, 5.74) is 11.4. The molecule has 11 heteroatoms. The number of carboxylic acid groups (broad SMARTS) is 1. The highest BCUT2D eigenvalue weighted by atomic mass is 16.4. The fourth-order valence-corrected chi connectivity index (χ4v) is 3.09.